The Morgan fingerprint density at radius 3 is 3.00 bits per heavy atom. The Kier molecular flexibility index (Phi) is 4.07. The van der Waals surface area contributed by atoms with Crippen molar-refractivity contribution in [3.8, 4) is 5.75 Å². The van der Waals surface area contributed by atoms with Crippen molar-refractivity contribution in [2.75, 3.05) is 31.3 Å². The van der Waals surface area contributed by atoms with E-state index in [4.69, 9.17) is 14.2 Å². The molecule has 1 fully saturated rings. The molecule has 1 amide bonds. The third-order valence-corrected chi connectivity index (χ3v) is 3.69. The fourth-order valence-corrected chi connectivity index (χ4v) is 2.75. The smallest absolute Gasteiger partial charge is 0.223 e. The molecule has 3 rings (SSSR count). The highest BCUT2D eigenvalue weighted by molar-refractivity contribution is 5.93. The summed E-state index contributed by atoms with van der Waals surface area (Å²) in [6.07, 6.45) is 0.981. The molecule has 0 aromatic heterocycles. The van der Waals surface area contributed by atoms with Crippen LogP contribution in [0.4, 0.5) is 10.1 Å². The van der Waals surface area contributed by atoms with Gasteiger partial charge in [-0.1, -0.05) is 0 Å². The number of anilines is 1. The van der Waals surface area contributed by atoms with Crippen molar-refractivity contribution in [2.45, 2.75) is 26.1 Å². The van der Waals surface area contributed by atoms with Gasteiger partial charge in [-0.2, -0.15) is 0 Å². The molecule has 0 spiro atoms. The lowest BCUT2D eigenvalue weighted by Gasteiger charge is -2.31. The van der Waals surface area contributed by atoms with E-state index in [1.54, 1.807) is 6.07 Å². The molecule has 0 bridgehead atoms. The van der Waals surface area contributed by atoms with E-state index in [9.17, 15) is 9.18 Å². The fourth-order valence-electron chi connectivity index (χ4n) is 2.75. The second-order valence-electron chi connectivity index (χ2n) is 5.14. The van der Waals surface area contributed by atoms with E-state index in [1.165, 1.54) is 17.9 Å². The first-order valence-electron chi connectivity index (χ1n) is 7.12. The number of halogens is 1. The molecule has 0 aliphatic carbocycles. The monoisotopic (exact) mass is 295 g/mol. The van der Waals surface area contributed by atoms with Crippen molar-refractivity contribution >= 4 is 11.6 Å². The average Bonchev–Trinajstić information content (AvgIpc) is 2.50. The molecule has 0 N–H and O–H groups in total. The van der Waals surface area contributed by atoms with Crippen molar-refractivity contribution < 1.29 is 23.4 Å². The summed E-state index contributed by atoms with van der Waals surface area (Å²) < 4.78 is 30.7. The maximum absolute atomic E-state index is 14.1. The van der Waals surface area contributed by atoms with Crippen molar-refractivity contribution in [3.05, 3.63) is 23.5 Å². The normalized spacial score (nSPS) is 21.8. The summed E-state index contributed by atoms with van der Waals surface area (Å²) >= 11 is 0. The van der Waals surface area contributed by atoms with Crippen LogP contribution in [0.5, 0.6) is 5.75 Å². The molecule has 2 aliphatic heterocycles. The van der Waals surface area contributed by atoms with E-state index in [1.807, 2.05) is 0 Å². The van der Waals surface area contributed by atoms with Gasteiger partial charge >= 0.3 is 0 Å². The first-order chi connectivity index (χ1) is 10.2. The Bertz CT molecular complexity index is 543. The lowest BCUT2D eigenvalue weighted by atomic mass is 10.00. The summed E-state index contributed by atoms with van der Waals surface area (Å²) in [5.74, 6) is 0.00478. The van der Waals surface area contributed by atoms with E-state index >= 15 is 0 Å². The summed E-state index contributed by atoms with van der Waals surface area (Å²) in [5, 5.41) is 0. The maximum atomic E-state index is 14.1. The van der Waals surface area contributed by atoms with Gasteiger partial charge in [0.15, 0.2) is 0 Å². The molecule has 21 heavy (non-hydrogen) atoms. The first-order valence-corrected chi connectivity index (χ1v) is 7.12. The van der Waals surface area contributed by atoms with E-state index in [2.05, 4.69) is 0 Å². The Labute approximate surface area is 122 Å². The van der Waals surface area contributed by atoms with Crippen LogP contribution in [0, 0.1) is 5.82 Å². The zero-order valence-electron chi connectivity index (χ0n) is 11.9. The van der Waals surface area contributed by atoms with Crippen LogP contribution in [0.15, 0.2) is 12.1 Å². The summed E-state index contributed by atoms with van der Waals surface area (Å²) in [4.78, 5) is 13.2. The number of nitrogens with zero attached hydrogens (tertiary/aromatic N) is 1. The lowest BCUT2D eigenvalue weighted by molar-refractivity contribution is -0.171. The van der Waals surface area contributed by atoms with Gasteiger partial charge in [-0.15, -0.1) is 0 Å². The Morgan fingerprint density at radius 2 is 2.29 bits per heavy atom. The summed E-state index contributed by atoms with van der Waals surface area (Å²) in [5.41, 5.74) is 1.06. The third-order valence-electron chi connectivity index (χ3n) is 3.69. The molecular formula is C15H18FNO4. The van der Waals surface area contributed by atoms with Crippen LogP contribution in [0.1, 0.15) is 18.9 Å². The van der Waals surface area contributed by atoms with Gasteiger partial charge in [-0.05, 0) is 25.0 Å². The van der Waals surface area contributed by atoms with E-state index in [0.717, 1.165) is 12.0 Å². The highest BCUT2D eigenvalue weighted by atomic mass is 19.1. The quantitative estimate of drug-likeness (QED) is 0.836. The van der Waals surface area contributed by atoms with Crippen LogP contribution in [0.25, 0.3) is 0 Å². The molecule has 1 unspecified atom stereocenters. The van der Waals surface area contributed by atoms with Crippen molar-refractivity contribution in [1.82, 2.24) is 0 Å². The topological polar surface area (TPSA) is 48.0 Å². The minimum absolute atomic E-state index is 0.163. The second-order valence-corrected chi connectivity index (χ2v) is 5.14. The largest absolute Gasteiger partial charge is 0.462 e. The predicted octanol–water partition coefficient (Wildman–Crippen LogP) is 1.88. The molecule has 1 saturated heterocycles. The van der Waals surface area contributed by atoms with E-state index in [0.29, 0.717) is 44.2 Å². The van der Waals surface area contributed by atoms with Crippen LogP contribution < -0.4 is 9.64 Å². The number of hydrogen-bond donors (Lipinski definition) is 0. The van der Waals surface area contributed by atoms with Gasteiger partial charge in [0.05, 0.1) is 18.9 Å². The molecule has 114 valence electrons. The minimum Gasteiger partial charge on any atom is -0.462 e. The van der Waals surface area contributed by atoms with E-state index < -0.39 is 12.1 Å². The molecule has 2 heterocycles. The van der Waals surface area contributed by atoms with Crippen LogP contribution in [0.2, 0.25) is 0 Å². The molecule has 1 aromatic carbocycles. The Balaban J connectivity index is 1.91. The molecule has 0 saturated carbocycles. The summed E-state index contributed by atoms with van der Waals surface area (Å²) in [6, 6.07) is 2.93. The number of rotatable bonds is 2. The summed E-state index contributed by atoms with van der Waals surface area (Å²) in [6.45, 7) is 3.36. The number of fused-ring (bicyclic) bond motifs is 1. The molecule has 1 aromatic rings. The number of hydrogen-bond acceptors (Lipinski definition) is 4. The second kappa shape index (κ2) is 5.99. The SMILES string of the molecule is CC(=O)N1CCCc2c(OC3COCCO3)ccc(F)c21. The third kappa shape index (κ3) is 2.87. The van der Waals surface area contributed by atoms with Gasteiger partial charge in [-0.25, -0.2) is 4.39 Å². The molecular weight excluding hydrogens is 277 g/mol. The minimum atomic E-state index is -0.485. The lowest BCUT2D eigenvalue weighted by Crippen LogP contribution is -2.36. The highest BCUT2D eigenvalue weighted by Gasteiger charge is 2.28. The standard InChI is InChI=1S/C15H18FNO4/c1-10(18)17-6-2-3-11-13(5-4-12(16)15(11)17)21-14-9-19-7-8-20-14/h4-5,14H,2-3,6-9H2,1H3. The van der Waals surface area contributed by atoms with Gasteiger partial charge in [0, 0.05) is 19.0 Å². The molecule has 0 radical (unpaired) electrons. The number of benzene rings is 1. The Morgan fingerprint density at radius 1 is 1.43 bits per heavy atom. The zero-order valence-corrected chi connectivity index (χ0v) is 11.9. The molecule has 5 nitrogen and oxygen atoms in total. The van der Waals surface area contributed by atoms with Crippen LogP contribution >= 0.6 is 0 Å². The van der Waals surface area contributed by atoms with Crippen molar-refractivity contribution in [2.24, 2.45) is 0 Å². The zero-order chi connectivity index (χ0) is 14.8. The van der Waals surface area contributed by atoms with Crippen molar-refractivity contribution in [1.29, 1.82) is 0 Å². The van der Waals surface area contributed by atoms with Crippen LogP contribution in [-0.4, -0.2) is 38.6 Å². The number of ether oxygens (including phenoxy) is 3. The Hall–Kier alpha value is -1.66. The first kappa shape index (κ1) is 14.3. The fraction of sp³-hybridized carbons (Fsp3) is 0.533. The van der Waals surface area contributed by atoms with Gasteiger partial charge < -0.3 is 19.1 Å². The van der Waals surface area contributed by atoms with E-state index in [-0.39, 0.29) is 5.91 Å². The highest BCUT2D eigenvalue weighted by Crippen LogP contribution is 2.37. The van der Waals surface area contributed by atoms with Crippen molar-refractivity contribution in [3.63, 3.8) is 0 Å². The van der Waals surface area contributed by atoms with Crippen LogP contribution in [0.3, 0.4) is 0 Å². The predicted molar refractivity (Wildman–Crippen MR) is 73.9 cm³/mol. The van der Waals surface area contributed by atoms with Gasteiger partial charge in [0.1, 0.15) is 18.2 Å². The van der Waals surface area contributed by atoms with Gasteiger partial charge in [0.2, 0.25) is 12.2 Å². The molecule has 2 aliphatic rings. The summed E-state index contributed by atoms with van der Waals surface area (Å²) in [7, 11) is 0. The van der Waals surface area contributed by atoms with Gasteiger partial charge in [0.25, 0.3) is 0 Å². The molecule has 1 atom stereocenters. The maximum Gasteiger partial charge on any atom is 0.223 e. The van der Waals surface area contributed by atoms with Gasteiger partial charge in [-0.3, -0.25) is 4.79 Å². The number of carbonyl (C=O) groups is 1. The number of carbonyl (C=O) groups excluding carboxylic acids is 1. The average molecular weight is 295 g/mol. The van der Waals surface area contributed by atoms with Crippen LogP contribution in [-0.2, 0) is 20.7 Å². The molecule has 6 heteroatoms. The number of amides is 1.